The lowest BCUT2D eigenvalue weighted by Crippen LogP contribution is -2.51. The molecule has 1 aliphatic rings. The van der Waals surface area contributed by atoms with E-state index >= 15 is 0 Å². The number of nitrogens with zero attached hydrogens (tertiary/aromatic N) is 3. The molecule has 5 nitrogen and oxygen atoms in total. The Morgan fingerprint density at radius 3 is 3.00 bits per heavy atom. The fourth-order valence-corrected chi connectivity index (χ4v) is 2.43. The highest BCUT2D eigenvalue weighted by Crippen LogP contribution is 2.14. The van der Waals surface area contributed by atoms with Crippen LogP contribution in [0.2, 0.25) is 0 Å². The second kappa shape index (κ2) is 6.31. The van der Waals surface area contributed by atoms with Gasteiger partial charge in [0.25, 0.3) is 0 Å². The fraction of sp³-hybridized carbons (Fsp3) is 0.769. The van der Waals surface area contributed by atoms with E-state index in [1.54, 1.807) is 0 Å². The van der Waals surface area contributed by atoms with Crippen molar-refractivity contribution in [3.05, 3.63) is 17.5 Å². The van der Waals surface area contributed by atoms with E-state index in [9.17, 15) is 0 Å². The maximum Gasteiger partial charge on any atom is 0.150 e. The predicted molar refractivity (Wildman–Crippen MR) is 69.3 cm³/mol. The zero-order valence-corrected chi connectivity index (χ0v) is 11.3. The van der Waals surface area contributed by atoms with E-state index in [1.807, 2.05) is 6.07 Å². The second-order valence-electron chi connectivity index (χ2n) is 5.02. The SMILES string of the molecule is CCc1cc(CN2CCN(C)[C@H](CCO)C2)on1. The van der Waals surface area contributed by atoms with E-state index in [2.05, 4.69) is 28.9 Å². The minimum Gasteiger partial charge on any atom is -0.396 e. The van der Waals surface area contributed by atoms with E-state index in [4.69, 9.17) is 9.63 Å². The molecule has 0 saturated carbocycles. The maximum atomic E-state index is 9.07. The number of aromatic nitrogens is 1. The number of aryl methyl sites for hydroxylation is 1. The summed E-state index contributed by atoms with van der Waals surface area (Å²) in [6.07, 6.45) is 1.75. The summed E-state index contributed by atoms with van der Waals surface area (Å²) in [6, 6.07) is 2.48. The summed E-state index contributed by atoms with van der Waals surface area (Å²) >= 11 is 0. The van der Waals surface area contributed by atoms with Crippen molar-refractivity contribution in [3.63, 3.8) is 0 Å². The number of hydrogen-bond acceptors (Lipinski definition) is 5. The molecule has 18 heavy (non-hydrogen) atoms. The molecule has 1 aromatic rings. The average molecular weight is 253 g/mol. The Bertz CT molecular complexity index is 367. The third-order valence-electron chi connectivity index (χ3n) is 3.67. The zero-order valence-electron chi connectivity index (χ0n) is 11.3. The summed E-state index contributed by atoms with van der Waals surface area (Å²) in [6.45, 7) is 6.22. The molecular formula is C13H23N3O2. The van der Waals surface area contributed by atoms with Crippen molar-refractivity contribution in [1.29, 1.82) is 0 Å². The first-order valence-corrected chi connectivity index (χ1v) is 6.70. The lowest BCUT2D eigenvalue weighted by Gasteiger charge is -2.38. The topological polar surface area (TPSA) is 52.7 Å². The van der Waals surface area contributed by atoms with Crippen LogP contribution in [0.1, 0.15) is 24.8 Å². The van der Waals surface area contributed by atoms with Gasteiger partial charge in [-0.15, -0.1) is 0 Å². The molecule has 2 rings (SSSR count). The third-order valence-corrected chi connectivity index (χ3v) is 3.67. The molecule has 1 atom stereocenters. The van der Waals surface area contributed by atoms with Gasteiger partial charge in [-0.2, -0.15) is 0 Å². The molecule has 0 radical (unpaired) electrons. The van der Waals surface area contributed by atoms with Crippen LogP contribution in [0.3, 0.4) is 0 Å². The van der Waals surface area contributed by atoms with Gasteiger partial charge in [-0.1, -0.05) is 12.1 Å². The van der Waals surface area contributed by atoms with Gasteiger partial charge < -0.3 is 14.5 Å². The van der Waals surface area contributed by atoms with Crippen molar-refractivity contribution < 1.29 is 9.63 Å². The Morgan fingerprint density at radius 2 is 2.33 bits per heavy atom. The molecule has 5 heteroatoms. The van der Waals surface area contributed by atoms with E-state index in [0.29, 0.717) is 6.04 Å². The van der Waals surface area contributed by atoms with E-state index in [-0.39, 0.29) is 6.61 Å². The number of hydrogen-bond donors (Lipinski definition) is 1. The molecule has 0 aliphatic carbocycles. The lowest BCUT2D eigenvalue weighted by atomic mass is 10.1. The highest BCUT2D eigenvalue weighted by atomic mass is 16.5. The first-order chi connectivity index (χ1) is 8.72. The summed E-state index contributed by atoms with van der Waals surface area (Å²) in [5, 5.41) is 13.1. The average Bonchev–Trinajstić information content (AvgIpc) is 2.81. The van der Waals surface area contributed by atoms with Gasteiger partial charge in [0.05, 0.1) is 12.2 Å². The molecule has 102 valence electrons. The molecule has 2 heterocycles. The van der Waals surface area contributed by atoms with Crippen LogP contribution in [0, 0.1) is 0 Å². The summed E-state index contributed by atoms with van der Waals surface area (Å²) < 4.78 is 5.33. The first kappa shape index (κ1) is 13.5. The molecule has 0 unspecified atom stereocenters. The summed E-state index contributed by atoms with van der Waals surface area (Å²) in [7, 11) is 2.13. The fourth-order valence-electron chi connectivity index (χ4n) is 2.43. The Kier molecular flexibility index (Phi) is 4.74. The van der Waals surface area contributed by atoms with Crippen molar-refractivity contribution in [1.82, 2.24) is 15.0 Å². The van der Waals surface area contributed by atoms with E-state index in [1.165, 1.54) is 0 Å². The molecular weight excluding hydrogens is 230 g/mol. The predicted octanol–water partition coefficient (Wildman–Crippen LogP) is 0.735. The van der Waals surface area contributed by atoms with Gasteiger partial charge in [0.2, 0.25) is 0 Å². The van der Waals surface area contributed by atoms with Crippen molar-refractivity contribution in [3.8, 4) is 0 Å². The Hall–Kier alpha value is -0.910. The van der Waals surface area contributed by atoms with Gasteiger partial charge in [-0.3, -0.25) is 4.90 Å². The van der Waals surface area contributed by atoms with Crippen LogP contribution in [-0.2, 0) is 13.0 Å². The van der Waals surface area contributed by atoms with Crippen LogP contribution < -0.4 is 0 Å². The van der Waals surface area contributed by atoms with Crippen LogP contribution in [0.4, 0.5) is 0 Å². The van der Waals surface area contributed by atoms with Crippen LogP contribution in [0.15, 0.2) is 10.6 Å². The minimum absolute atomic E-state index is 0.255. The monoisotopic (exact) mass is 253 g/mol. The van der Waals surface area contributed by atoms with Gasteiger partial charge in [0.1, 0.15) is 0 Å². The van der Waals surface area contributed by atoms with Gasteiger partial charge in [-0.05, 0) is 19.9 Å². The maximum absolute atomic E-state index is 9.07. The smallest absolute Gasteiger partial charge is 0.150 e. The molecule has 0 amide bonds. The summed E-state index contributed by atoms with van der Waals surface area (Å²) in [5.41, 5.74) is 1.02. The number of piperazine rings is 1. The second-order valence-corrected chi connectivity index (χ2v) is 5.02. The summed E-state index contributed by atoms with van der Waals surface area (Å²) in [4.78, 5) is 4.70. The third kappa shape index (κ3) is 3.31. The molecule has 1 fully saturated rings. The Morgan fingerprint density at radius 1 is 1.50 bits per heavy atom. The molecule has 1 saturated heterocycles. The molecule has 1 N–H and O–H groups in total. The zero-order chi connectivity index (χ0) is 13.0. The first-order valence-electron chi connectivity index (χ1n) is 6.70. The minimum atomic E-state index is 0.255. The molecule has 1 aliphatic heterocycles. The van der Waals surface area contributed by atoms with Gasteiger partial charge in [0.15, 0.2) is 5.76 Å². The van der Waals surface area contributed by atoms with E-state index in [0.717, 1.165) is 50.5 Å². The lowest BCUT2D eigenvalue weighted by molar-refractivity contribution is 0.0690. The van der Waals surface area contributed by atoms with Crippen LogP contribution in [0.5, 0.6) is 0 Å². The largest absolute Gasteiger partial charge is 0.396 e. The normalized spacial score (nSPS) is 22.5. The highest BCUT2D eigenvalue weighted by molar-refractivity contribution is 5.05. The van der Waals surface area contributed by atoms with Crippen molar-refractivity contribution in [2.75, 3.05) is 33.3 Å². The van der Waals surface area contributed by atoms with Gasteiger partial charge >= 0.3 is 0 Å². The number of rotatable bonds is 5. The number of likely N-dealkylation sites (N-methyl/N-ethyl adjacent to an activating group) is 1. The quantitative estimate of drug-likeness (QED) is 0.838. The van der Waals surface area contributed by atoms with E-state index < -0.39 is 0 Å². The van der Waals surface area contributed by atoms with Crippen molar-refractivity contribution in [2.45, 2.75) is 32.4 Å². The van der Waals surface area contributed by atoms with Crippen LogP contribution in [0.25, 0.3) is 0 Å². The van der Waals surface area contributed by atoms with Gasteiger partial charge in [0, 0.05) is 38.3 Å². The molecule has 0 bridgehead atoms. The van der Waals surface area contributed by atoms with Crippen molar-refractivity contribution >= 4 is 0 Å². The Labute approximate surface area is 108 Å². The molecule has 1 aromatic heterocycles. The molecule has 0 aromatic carbocycles. The number of aliphatic hydroxyl groups is 1. The number of aliphatic hydroxyl groups excluding tert-OH is 1. The van der Waals surface area contributed by atoms with Gasteiger partial charge in [-0.25, -0.2) is 0 Å². The standard InChI is InChI=1S/C13H23N3O2/c1-3-11-8-13(18-14-11)10-16-6-5-15(2)12(9-16)4-7-17/h8,12,17H,3-7,9-10H2,1-2H3/t12-/m1/s1. The van der Waals surface area contributed by atoms with Crippen LogP contribution in [-0.4, -0.2) is 59.4 Å². The van der Waals surface area contributed by atoms with Crippen LogP contribution >= 0.6 is 0 Å². The Balaban J connectivity index is 1.89. The summed E-state index contributed by atoms with van der Waals surface area (Å²) in [5.74, 6) is 0.944. The van der Waals surface area contributed by atoms with Crippen molar-refractivity contribution in [2.24, 2.45) is 0 Å². The highest BCUT2D eigenvalue weighted by Gasteiger charge is 2.24. The molecule has 0 spiro atoms.